The second-order valence-corrected chi connectivity index (χ2v) is 8.79. The lowest BCUT2D eigenvalue weighted by Gasteiger charge is -2.08. The fourth-order valence-electron chi connectivity index (χ4n) is 3.38. The van der Waals surface area contributed by atoms with Gasteiger partial charge in [0, 0.05) is 5.56 Å². The maximum absolute atomic E-state index is 14.4. The summed E-state index contributed by atoms with van der Waals surface area (Å²) < 4.78 is 54.0. The van der Waals surface area contributed by atoms with Crippen molar-refractivity contribution in [3.8, 4) is 28.1 Å². The van der Waals surface area contributed by atoms with E-state index in [9.17, 15) is 12.8 Å². The SMILES string of the molecule is COc1ccc(-c2noc(COCc3ccccc3)c2-c2ccc(S(N)(=O)=O)cc2)cc1F. The van der Waals surface area contributed by atoms with E-state index < -0.39 is 15.8 Å². The Morgan fingerprint density at radius 3 is 2.30 bits per heavy atom. The topological polar surface area (TPSA) is 105 Å². The number of ether oxygens (including phenoxy) is 2. The van der Waals surface area contributed by atoms with Gasteiger partial charge in [0.1, 0.15) is 12.3 Å². The van der Waals surface area contributed by atoms with E-state index in [1.165, 1.54) is 31.4 Å². The molecule has 9 heteroatoms. The summed E-state index contributed by atoms with van der Waals surface area (Å²) in [5, 5.41) is 9.36. The molecule has 0 radical (unpaired) electrons. The molecule has 0 fully saturated rings. The van der Waals surface area contributed by atoms with Gasteiger partial charge in [-0.1, -0.05) is 47.6 Å². The van der Waals surface area contributed by atoms with E-state index in [2.05, 4.69) is 5.16 Å². The van der Waals surface area contributed by atoms with Gasteiger partial charge in [0.15, 0.2) is 17.3 Å². The molecule has 1 heterocycles. The lowest BCUT2D eigenvalue weighted by molar-refractivity contribution is 0.0888. The van der Waals surface area contributed by atoms with Crippen LogP contribution >= 0.6 is 0 Å². The van der Waals surface area contributed by atoms with Crippen molar-refractivity contribution in [1.29, 1.82) is 0 Å². The van der Waals surface area contributed by atoms with Crippen LogP contribution in [0.4, 0.5) is 4.39 Å². The second kappa shape index (κ2) is 9.53. The first kappa shape index (κ1) is 22.7. The number of hydrogen-bond donors (Lipinski definition) is 1. The predicted molar refractivity (Wildman–Crippen MR) is 120 cm³/mol. The van der Waals surface area contributed by atoms with Gasteiger partial charge in [-0.2, -0.15) is 0 Å². The second-order valence-electron chi connectivity index (χ2n) is 7.23. The fraction of sp³-hybridized carbons (Fsp3) is 0.125. The zero-order chi connectivity index (χ0) is 23.4. The van der Waals surface area contributed by atoms with E-state index in [0.29, 0.717) is 34.8 Å². The molecule has 3 aromatic carbocycles. The summed E-state index contributed by atoms with van der Waals surface area (Å²) in [6.45, 7) is 0.463. The molecule has 1 aromatic heterocycles. The van der Waals surface area contributed by atoms with Crippen molar-refractivity contribution < 1.29 is 26.8 Å². The first-order valence-corrected chi connectivity index (χ1v) is 11.5. The molecule has 0 unspecified atom stereocenters. The molecule has 0 spiro atoms. The van der Waals surface area contributed by atoms with Gasteiger partial charge in [0.25, 0.3) is 0 Å². The maximum atomic E-state index is 14.4. The number of rotatable bonds is 8. The Labute approximate surface area is 190 Å². The number of benzene rings is 3. The van der Waals surface area contributed by atoms with Crippen LogP contribution in [0.25, 0.3) is 22.4 Å². The molecule has 0 saturated carbocycles. The largest absolute Gasteiger partial charge is 0.494 e. The van der Waals surface area contributed by atoms with Crippen molar-refractivity contribution in [3.63, 3.8) is 0 Å². The molecule has 0 aliphatic heterocycles. The van der Waals surface area contributed by atoms with Crippen molar-refractivity contribution in [1.82, 2.24) is 5.16 Å². The molecule has 0 amide bonds. The number of aromatic nitrogens is 1. The summed E-state index contributed by atoms with van der Waals surface area (Å²) in [6, 6.07) is 20.1. The molecule has 2 N–H and O–H groups in total. The molecule has 4 rings (SSSR count). The van der Waals surface area contributed by atoms with Gasteiger partial charge in [-0.15, -0.1) is 0 Å². The molecular weight excluding hydrogens is 447 g/mol. The van der Waals surface area contributed by atoms with Crippen LogP contribution in [0.15, 0.2) is 82.2 Å². The summed E-state index contributed by atoms with van der Waals surface area (Å²) >= 11 is 0. The van der Waals surface area contributed by atoms with E-state index in [-0.39, 0.29) is 17.3 Å². The van der Waals surface area contributed by atoms with Crippen LogP contribution in [-0.4, -0.2) is 20.7 Å². The molecule has 4 aromatic rings. The van der Waals surface area contributed by atoms with Crippen LogP contribution in [0.5, 0.6) is 5.75 Å². The Bertz CT molecular complexity index is 1350. The minimum absolute atomic E-state index is 0.0263. The molecule has 0 aliphatic rings. The first-order valence-electron chi connectivity index (χ1n) is 9.94. The lowest BCUT2D eigenvalue weighted by Crippen LogP contribution is -2.11. The van der Waals surface area contributed by atoms with Crippen LogP contribution in [0, 0.1) is 5.82 Å². The summed E-state index contributed by atoms with van der Waals surface area (Å²) in [5.41, 5.74) is 3.03. The van der Waals surface area contributed by atoms with Gasteiger partial charge in [0.2, 0.25) is 10.0 Å². The van der Waals surface area contributed by atoms with Crippen molar-refractivity contribution >= 4 is 10.0 Å². The normalized spacial score (nSPS) is 11.5. The van der Waals surface area contributed by atoms with E-state index in [0.717, 1.165) is 5.56 Å². The summed E-state index contributed by atoms with van der Waals surface area (Å²) in [4.78, 5) is -0.0263. The van der Waals surface area contributed by atoms with Gasteiger partial charge in [-0.3, -0.25) is 0 Å². The number of hydrogen-bond acceptors (Lipinski definition) is 6. The van der Waals surface area contributed by atoms with Gasteiger partial charge in [-0.25, -0.2) is 17.9 Å². The van der Waals surface area contributed by atoms with Gasteiger partial charge < -0.3 is 14.0 Å². The molecule has 170 valence electrons. The molecule has 0 atom stereocenters. The molecule has 0 aliphatic carbocycles. The van der Waals surface area contributed by atoms with Gasteiger partial charge in [-0.05, 0) is 41.5 Å². The standard InChI is InChI=1S/C24H21FN2O5S/c1-30-21-12-9-18(13-20(21)25)24-23(17-7-10-19(11-8-17)33(26,28)29)22(32-27-24)15-31-14-16-5-3-2-4-6-16/h2-13H,14-15H2,1H3,(H2,26,28,29). The highest BCUT2D eigenvalue weighted by Crippen LogP contribution is 2.36. The van der Waals surface area contributed by atoms with E-state index in [1.54, 1.807) is 18.2 Å². The maximum Gasteiger partial charge on any atom is 0.238 e. The predicted octanol–water partition coefficient (Wildman–Crippen LogP) is 4.52. The van der Waals surface area contributed by atoms with Crippen molar-refractivity contribution in [2.45, 2.75) is 18.1 Å². The number of nitrogens with two attached hydrogens (primary N) is 1. The smallest absolute Gasteiger partial charge is 0.238 e. The summed E-state index contributed by atoms with van der Waals surface area (Å²) in [7, 11) is -2.46. The lowest BCUT2D eigenvalue weighted by atomic mass is 9.99. The highest BCUT2D eigenvalue weighted by Gasteiger charge is 2.21. The first-order chi connectivity index (χ1) is 15.9. The third-order valence-corrected chi connectivity index (χ3v) is 5.93. The molecule has 7 nitrogen and oxygen atoms in total. The van der Waals surface area contributed by atoms with Crippen molar-refractivity contribution in [2.75, 3.05) is 7.11 Å². The monoisotopic (exact) mass is 468 g/mol. The average Bonchev–Trinajstić information content (AvgIpc) is 3.23. The van der Waals surface area contributed by atoms with E-state index in [4.69, 9.17) is 19.1 Å². The Kier molecular flexibility index (Phi) is 6.55. The summed E-state index contributed by atoms with van der Waals surface area (Å²) in [5.74, 6) is -0.0244. The minimum atomic E-state index is -3.85. The van der Waals surface area contributed by atoms with Crippen LogP contribution in [-0.2, 0) is 28.0 Å². The Morgan fingerprint density at radius 1 is 0.970 bits per heavy atom. The molecule has 33 heavy (non-hydrogen) atoms. The van der Waals surface area contributed by atoms with Crippen LogP contribution in [0.1, 0.15) is 11.3 Å². The van der Waals surface area contributed by atoms with Crippen molar-refractivity contribution in [3.05, 3.63) is 89.9 Å². The number of methoxy groups -OCH3 is 1. The third kappa shape index (κ3) is 5.11. The molecule has 0 bridgehead atoms. The van der Waals surface area contributed by atoms with Crippen LogP contribution in [0.3, 0.4) is 0 Å². The highest BCUT2D eigenvalue weighted by atomic mass is 32.2. The number of sulfonamides is 1. The Balaban J connectivity index is 1.71. The van der Waals surface area contributed by atoms with E-state index in [1.807, 2.05) is 30.3 Å². The van der Waals surface area contributed by atoms with E-state index >= 15 is 0 Å². The Hall–Kier alpha value is -3.53. The fourth-order valence-corrected chi connectivity index (χ4v) is 3.89. The third-order valence-electron chi connectivity index (χ3n) is 5.00. The summed E-state index contributed by atoms with van der Waals surface area (Å²) in [6.07, 6.45) is 0. The van der Waals surface area contributed by atoms with Crippen LogP contribution < -0.4 is 9.88 Å². The number of nitrogens with zero attached hydrogens (tertiary/aromatic N) is 1. The number of halogens is 1. The average molecular weight is 469 g/mol. The minimum Gasteiger partial charge on any atom is -0.494 e. The highest BCUT2D eigenvalue weighted by molar-refractivity contribution is 7.89. The Morgan fingerprint density at radius 2 is 1.67 bits per heavy atom. The quantitative estimate of drug-likeness (QED) is 0.408. The number of primary sulfonamides is 1. The molecule has 0 saturated heterocycles. The zero-order valence-corrected chi connectivity index (χ0v) is 18.5. The van der Waals surface area contributed by atoms with Crippen molar-refractivity contribution in [2.24, 2.45) is 5.14 Å². The van der Waals surface area contributed by atoms with Gasteiger partial charge in [0.05, 0.1) is 24.2 Å². The van der Waals surface area contributed by atoms with Crippen LogP contribution in [0.2, 0.25) is 0 Å². The molecular formula is C24H21FN2O5S. The van der Waals surface area contributed by atoms with Gasteiger partial charge >= 0.3 is 0 Å². The zero-order valence-electron chi connectivity index (χ0n) is 17.7.